The summed E-state index contributed by atoms with van der Waals surface area (Å²) < 4.78 is 50.5. The molecule has 0 saturated heterocycles. The number of hydrogen-bond donors (Lipinski definition) is 0. The summed E-state index contributed by atoms with van der Waals surface area (Å²) in [5.41, 5.74) is 1.36. The Kier molecular flexibility index (Phi) is 3.70. The second-order valence-electron chi connectivity index (χ2n) is 4.62. The summed E-state index contributed by atoms with van der Waals surface area (Å²) in [5, 5.41) is 2.41. The minimum absolute atomic E-state index is 0.332. The van der Waals surface area contributed by atoms with Gasteiger partial charge in [0, 0.05) is 16.5 Å². The number of nitrogens with zero attached hydrogens (tertiary/aromatic N) is 1. The van der Waals surface area contributed by atoms with Crippen molar-refractivity contribution in [2.75, 3.05) is 0 Å². The van der Waals surface area contributed by atoms with Gasteiger partial charge in [0.1, 0.15) is 10.8 Å². The van der Waals surface area contributed by atoms with Crippen LogP contribution in [0.25, 0.3) is 21.8 Å². The van der Waals surface area contributed by atoms with E-state index in [0.717, 1.165) is 17.7 Å². The highest BCUT2D eigenvalue weighted by Crippen LogP contribution is 2.33. The molecule has 0 atom stereocenters. The monoisotopic (exact) mass is 323 g/mol. The van der Waals surface area contributed by atoms with E-state index in [2.05, 4.69) is 4.98 Å². The molecule has 0 unspecified atom stereocenters. The molecular weight excluding hydrogens is 314 g/mol. The smallest absolute Gasteiger partial charge is 0.236 e. The van der Waals surface area contributed by atoms with Crippen molar-refractivity contribution in [3.63, 3.8) is 0 Å². The van der Waals surface area contributed by atoms with E-state index in [4.69, 9.17) is 0 Å². The fraction of sp³-hybridized carbons (Fsp3) is 0.0625. The summed E-state index contributed by atoms with van der Waals surface area (Å²) in [7, 11) is 0. The van der Waals surface area contributed by atoms with Crippen LogP contribution in [0.5, 0.6) is 0 Å². The molecule has 0 aliphatic heterocycles. The van der Waals surface area contributed by atoms with Gasteiger partial charge in [-0.2, -0.15) is 13.2 Å². The normalized spacial score (nSPS) is 11.6. The number of hydrogen-bond acceptors (Lipinski definition) is 2. The van der Waals surface area contributed by atoms with Crippen LogP contribution in [0.2, 0.25) is 0 Å². The van der Waals surface area contributed by atoms with Gasteiger partial charge in [-0.05, 0) is 36.4 Å². The van der Waals surface area contributed by atoms with Crippen LogP contribution in [0.4, 0.5) is 17.6 Å². The van der Waals surface area contributed by atoms with Crippen molar-refractivity contribution in [2.45, 2.75) is 6.18 Å². The Balaban J connectivity index is 1.89. The highest BCUT2D eigenvalue weighted by atomic mass is 32.1. The lowest BCUT2D eigenvalue weighted by atomic mass is 10.1. The van der Waals surface area contributed by atoms with Gasteiger partial charge in [-0.15, -0.1) is 11.3 Å². The van der Waals surface area contributed by atoms with Gasteiger partial charge in [-0.25, -0.2) is 9.37 Å². The molecule has 2 aromatic carbocycles. The predicted octanol–water partition coefficient (Wildman–Crippen LogP) is 5.64. The van der Waals surface area contributed by atoms with E-state index < -0.39 is 11.7 Å². The van der Waals surface area contributed by atoms with Crippen molar-refractivity contribution in [3.8, 4) is 21.8 Å². The summed E-state index contributed by atoms with van der Waals surface area (Å²) in [5.74, 6) is -0.332. The van der Waals surface area contributed by atoms with E-state index in [0.29, 0.717) is 16.3 Å². The summed E-state index contributed by atoms with van der Waals surface area (Å²) >= 11 is 1.33. The lowest BCUT2D eigenvalue weighted by molar-refractivity contribution is -0.137. The number of thiazole rings is 1. The van der Waals surface area contributed by atoms with Crippen LogP contribution in [0.3, 0.4) is 0 Å². The molecule has 6 heteroatoms. The third-order valence-electron chi connectivity index (χ3n) is 3.10. The number of halogens is 4. The summed E-state index contributed by atoms with van der Waals surface area (Å²) in [6.45, 7) is 0. The minimum atomic E-state index is -4.35. The van der Waals surface area contributed by atoms with E-state index in [9.17, 15) is 17.6 Å². The maximum atomic E-state index is 12.9. The van der Waals surface area contributed by atoms with Crippen molar-refractivity contribution >= 4 is 11.3 Å². The molecule has 1 aromatic heterocycles. The summed E-state index contributed by atoms with van der Waals surface area (Å²) in [6.07, 6.45) is -4.35. The molecule has 1 nitrogen and oxygen atoms in total. The molecule has 22 heavy (non-hydrogen) atoms. The van der Waals surface area contributed by atoms with Gasteiger partial charge in [0.2, 0.25) is 0 Å². The Morgan fingerprint density at radius 2 is 1.41 bits per heavy atom. The molecule has 1 heterocycles. The van der Waals surface area contributed by atoms with E-state index in [-0.39, 0.29) is 5.82 Å². The van der Waals surface area contributed by atoms with Crippen molar-refractivity contribution in [2.24, 2.45) is 0 Å². The van der Waals surface area contributed by atoms with Crippen molar-refractivity contribution in [3.05, 3.63) is 65.3 Å². The van der Waals surface area contributed by atoms with Crippen LogP contribution >= 0.6 is 11.3 Å². The zero-order valence-corrected chi connectivity index (χ0v) is 11.9. The topological polar surface area (TPSA) is 12.9 Å². The first-order valence-electron chi connectivity index (χ1n) is 6.32. The first kappa shape index (κ1) is 14.7. The first-order chi connectivity index (χ1) is 10.4. The van der Waals surface area contributed by atoms with Crippen LogP contribution in [-0.4, -0.2) is 4.98 Å². The molecule has 0 amide bonds. The minimum Gasteiger partial charge on any atom is -0.236 e. The Bertz CT molecular complexity index is 773. The zero-order valence-electron chi connectivity index (χ0n) is 11.1. The van der Waals surface area contributed by atoms with E-state index in [1.54, 1.807) is 17.5 Å². The molecule has 0 radical (unpaired) electrons. The highest BCUT2D eigenvalue weighted by Gasteiger charge is 2.30. The molecule has 0 spiro atoms. The molecule has 0 aliphatic carbocycles. The molecule has 112 valence electrons. The number of alkyl halides is 3. The van der Waals surface area contributed by atoms with Crippen LogP contribution in [-0.2, 0) is 6.18 Å². The first-order valence-corrected chi connectivity index (χ1v) is 7.20. The molecule has 0 saturated carbocycles. The predicted molar refractivity (Wildman–Crippen MR) is 77.9 cm³/mol. The van der Waals surface area contributed by atoms with E-state index >= 15 is 0 Å². The van der Waals surface area contributed by atoms with Crippen molar-refractivity contribution in [1.82, 2.24) is 4.98 Å². The van der Waals surface area contributed by atoms with E-state index in [1.165, 1.54) is 35.6 Å². The van der Waals surface area contributed by atoms with Crippen LogP contribution < -0.4 is 0 Å². The van der Waals surface area contributed by atoms with Crippen molar-refractivity contribution < 1.29 is 17.6 Å². The molecular formula is C16H9F4NS. The van der Waals surface area contributed by atoms with Gasteiger partial charge in [-0.1, -0.05) is 12.1 Å². The van der Waals surface area contributed by atoms with Gasteiger partial charge >= 0.3 is 6.18 Å². The SMILES string of the molecule is Fc1ccc(-c2csc(-c3ccc(C(F)(F)F)cc3)n2)cc1. The van der Waals surface area contributed by atoms with Gasteiger partial charge in [0.25, 0.3) is 0 Å². The van der Waals surface area contributed by atoms with Crippen LogP contribution in [0.1, 0.15) is 5.56 Å². The van der Waals surface area contributed by atoms with Gasteiger partial charge in [0.05, 0.1) is 11.3 Å². The third-order valence-corrected chi connectivity index (χ3v) is 3.99. The molecule has 0 bridgehead atoms. The Morgan fingerprint density at radius 1 is 0.818 bits per heavy atom. The maximum absolute atomic E-state index is 12.9. The van der Waals surface area contributed by atoms with Gasteiger partial charge in [0.15, 0.2) is 0 Å². The standard InChI is InChI=1S/C16H9F4NS/c17-13-7-3-10(4-8-13)14-9-22-15(21-14)11-1-5-12(6-2-11)16(18,19)20/h1-9H. The quantitative estimate of drug-likeness (QED) is 0.557. The number of rotatable bonds is 2. The second-order valence-corrected chi connectivity index (χ2v) is 5.48. The Morgan fingerprint density at radius 3 is 2.00 bits per heavy atom. The van der Waals surface area contributed by atoms with Crippen molar-refractivity contribution in [1.29, 1.82) is 0 Å². The molecule has 0 fully saturated rings. The fourth-order valence-corrected chi connectivity index (χ4v) is 2.80. The lowest BCUT2D eigenvalue weighted by Crippen LogP contribution is -2.03. The largest absolute Gasteiger partial charge is 0.416 e. The second kappa shape index (κ2) is 5.53. The average molecular weight is 323 g/mol. The zero-order chi connectivity index (χ0) is 15.7. The number of aromatic nitrogens is 1. The van der Waals surface area contributed by atoms with E-state index in [1.807, 2.05) is 0 Å². The fourth-order valence-electron chi connectivity index (χ4n) is 1.96. The average Bonchev–Trinajstić information content (AvgIpc) is 2.97. The Hall–Kier alpha value is -2.21. The maximum Gasteiger partial charge on any atom is 0.416 e. The summed E-state index contributed by atoms with van der Waals surface area (Å²) in [4.78, 5) is 4.39. The number of benzene rings is 2. The van der Waals surface area contributed by atoms with Gasteiger partial charge in [-0.3, -0.25) is 0 Å². The summed E-state index contributed by atoms with van der Waals surface area (Å²) in [6, 6.07) is 10.8. The highest BCUT2D eigenvalue weighted by molar-refractivity contribution is 7.13. The molecule has 3 aromatic rings. The van der Waals surface area contributed by atoms with Crippen LogP contribution in [0, 0.1) is 5.82 Å². The lowest BCUT2D eigenvalue weighted by Gasteiger charge is -2.06. The third kappa shape index (κ3) is 3.01. The Labute approximate surface area is 127 Å². The molecule has 0 N–H and O–H groups in total. The van der Waals surface area contributed by atoms with Crippen LogP contribution in [0.15, 0.2) is 53.9 Å². The van der Waals surface area contributed by atoms with Gasteiger partial charge < -0.3 is 0 Å². The molecule has 0 aliphatic rings. The molecule has 3 rings (SSSR count).